The van der Waals surface area contributed by atoms with Crippen LogP contribution in [-0.2, 0) is 5.41 Å². The van der Waals surface area contributed by atoms with E-state index in [9.17, 15) is 0 Å². The molecule has 0 saturated carbocycles. The third kappa shape index (κ3) is 4.91. The van der Waals surface area contributed by atoms with E-state index in [1.807, 2.05) is 24.3 Å². The molecule has 1 atom stereocenters. The van der Waals surface area contributed by atoms with Crippen molar-refractivity contribution in [2.45, 2.75) is 50.3 Å². The van der Waals surface area contributed by atoms with Gasteiger partial charge in [-0.15, -0.1) is 23.2 Å². The molecule has 1 unspecified atom stereocenters. The molecule has 0 fully saturated rings. The lowest BCUT2D eigenvalue weighted by atomic mass is 9.85. The molecule has 0 amide bonds. The van der Waals surface area contributed by atoms with Crippen LogP contribution in [0.25, 0.3) is 0 Å². The summed E-state index contributed by atoms with van der Waals surface area (Å²) < 4.78 is 5.64. The molecule has 2 aromatic carbocycles. The van der Waals surface area contributed by atoms with Gasteiger partial charge < -0.3 is 4.74 Å². The van der Waals surface area contributed by atoms with Gasteiger partial charge in [-0.25, -0.2) is 0 Å². The Morgan fingerprint density at radius 1 is 0.875 bits per heavy atom. The smallest absolute Gasteiger partial charge is 0.119 e. The number of ether oxygens (including phenoxy) is 1. The van der Waals surface area contributed by atoms with E-state index in [-0.39, 0.29) is 11.3 Å². The second-order valence-electron chi connectivity index (χ2n) is 7.10. The zero-order valence-electron chi connectivity index (χ0n) is 14.9. The fourth-order valence-electron chi connectivity index (χ4n) is 2.67. The van der Waals surface area contributed by atoms with Crippen LogP contribution in [0, 0.1) is 0 Å². The molecule has 0 saturated heterocycles. The molecule has 2 rings (SSSR count). The zero-order chi connectivity index (χ0) is 17.7. The fraction of sp³-hybridized carbons (Fsp3) is 0.429. The minimum atomic E-state index is -0.507. The SMILES string of the molecule is CCCOc1ccc(C(c2ccc(C(C)(C)C)cc2)C(Cl)Cl)cc1. The summed E-state index contributed by atoms with van der Waals surface area (Å²) in [4.78, 5) is -0.507. The molecule has 0 aliphatic heterocycles. The van der Waals surface area contributed by atoms with Crippen LogP contribution < -0.4 is 4.74 Å². The van der Waals surface area contributed by atoms with Gasteiger partial charge in [-0.3, -0.25) is 0 Å². The van der Waals surface area contributed by atoms with Gasteiger partial charge in [0, 0.05) is 5.92 Å². The molecule has 0 aromatic heterocycles. The summed E-state index contributed by atoms with van der Waals surface area (Å²) in [5.41, 5.74) is 3.65. The van der Waals surface area contributed by atoms with Gasteiger partial charge in [0.05, 0.1) is 6.61 Å². The summed E-state index contributed by atoms with van der Waals surface area (Å²) in [6, 6.07) is 16.6. The van der Waals surface area contributed by atoms with E-state index in [1.165, 1.54) is 5.56 Å². The van der Waals surface area contributed by atoms with E-state index < -0.39 is 4.84 Å². The highest BCUT2D eigenvalue weighted by molar-refractivity contribution is 6.45. The van der Waals surface area contributed by atoms with Gasteiger partial charge >= 0.3 is 0 Å². The summed E-state index contributed by atoms with van der Waals surface area (Å²) in [7, 11) is 0. The summed E-state index contributed by atoms with van der Waals surface area (Å²) in [5, 5.41) is 0. The summed E-state index contributed by atoms with van der Waals surface area (Å²) >= 11 is 12.6. The molecule has 0 aliphatic carbocycles. The molecule has 1 nitrogen and oxygen atoms in total. The number of alkyl halides is 2. The minimum Gasteiger partial charge on any atom is -0.494 e. The molecule has 0 bridgehead atoms. The topological polar surface area (TPSA) is 9.23 Å². The van der Waals surface area contributed by atoms with Gasteiger partial charge in [-0.05, 0) is 40.7 Å². The van der Waals surface area contributed by atoms with Crippen LogP contribution in [0.15, 0.2) is 48.5 Å². The molecule has 0 aliphatic rings. The largest absolute Gasteiger partial charge is 0.494 e. The first kappa shape index (κ1) is 19.1. The molecule has 0 N–H and O–H groups in total. The van der Waals surface area contributed by atoms with Crippen molar-refractivity contribution in [3.05, 3.63) is 65.2 Å². The molecule has 0 radical (unpaired) electrons. The Balaban J connectivity index is 2.26. The van der Waals surface area contributed by atoms with Crippen LogP contribution >= 0.6 is 23.2 Å². The Kier molecular flexibility index (Phi) is 6.60. The maximum Gasteiger partial charge on any atom is 0.119 e. The molecular formula is C21H26Cl2O. The van der Waals surface area contributed by atoms with Crippen LogP contribution in [-0.4, -0.2) is 11.4 Å². The average molecular weight is 365 g/mol. The highest BCUT2D eigenvalue weighted by Gasteiger charge is 2.22. The Labute approximate surface area is 155 Å². The average Bonchev–Trinajstić information content (AvgIpc) is 2.53. The number of halogens is 2. The second-order valence-corrected chi connectivity index (χ2v) is 8.27. The molecule has 130 valence electrons. The standard InChI is InChI=1S/C21H26Cl2O/c1-5-14-24-18-12-8-16(9-13-18)19(20(22)23)15-6-10-17(11-7-15)21(2,3)4/h6-13,19-20H,5,14H2,1-4H3. The van der Waals surface area contributed by atoms with Crippen LogP contribution in [0.2, 0.25) is 0 Å². The van der Waals surface area contributed by atoms with Crippen molar-refractivity contribution in [3.63, 3.8) is 0 Å². The van der Waals surface area contributed by atoms with E-state index in [1.54, 1.807) is 0 Å². The van der Waals surface area contributed by atoms with Crippen molar-refractivity contribution in [2.75, 3.05) is 6.61 Å². The lowest BCUT2D eigenvalue weighted by Crippen LogP contribution is -2.13. The van der Waals surface area contributed by atoms with Crippen molar-refractivity contribution < 1.29 is 4.74 Å². The lowest BCUT2D eigenvalue weighted by Gasteiger charge is -2.23. The van der Waals surface area contributed by atoms with E-state index >= 15 is 0 Å². The van der Waals surface area contributed by atoms with Crippen molar-refractivity contribution in [3.8, 4) is 5.75 Å². The summed E-state index contributed by atoms with van der Waals surface area (Å²) in [5.74, 6) is 0.825. The van der Waals surface area contributed by atoms with Crippen molar-refractivity contribution in [1.29, 1.82) is 0 Å². The van der Waals surface area contributed by atoms with Gasteiger partial charge in [0.25, 0.3) is 0 Å². The van der Waals surface area contributed by atoms with Crippen LogP contribution in [0.5, 0.6) is 5.75 Å². The Hall–Kier alpha value is -1.18. The van der Waals surface area contributed by atoms with Gasteiger partial charge in [0.2, 0.25) is 0 Å². The van der Waals surface area contributed by atoms with Gasteiger partial charge in [0.1, 0.15) is 10.6 Å². The zero-order valence-corrected chi connectivity index (χ0v) is 16.4. The predicted molar refractivity (Wildman–Crippen MR) is 105 cm³/mol. The predicted octanol–water partition coefficient (Wildman–Crippen LogP) is 6.71. The third-order valence-corrected chi connectivity index (χ3v) is 4.60. The van der Waals surface area contributed by atoms with E-state index in [2.05, 4.69) is 52.0 Å². The molecule has 24 heavy (non-hydrogen) atoms. The fourth-order valence-corrected chi connectivity index (χ4v) is 3.25. The lowest BCUT2D eigenvalue weighted by molar-refractivity contribution is 0.317. The van der Waals surface area contributed by atoms with Crippen LogP contribution in [0.3, 0.4) is 0 Å². The van der Waals surface area contributed by atoms with Gasteiger partial charge in [0.15, 0.2) is 0 Å². The Bertz CT molecular complexity index is 624. The van der Waals surface area contributed by atoms with Crippen LogP contribution in [0.4, 0.5) is 0 Å². The first-order chi connectivity index (χ1) is 11.3. The van der Waals surface area contributed by atoms with Crippen molar-refractivity contribution in [1.82, 2.24) is 0 Å². The Morgan fingerprint density at radius 2 is 1.38 bits per heavy atom. The monoisotopic (exact) mass is 364 g/mol. The first-order valence-electron chi connectivity index (χ1n) is 8.44. The third-order valence-electron chi connectivity index (χ3n) is 4.10. The highest BCUT2D eigenvalue weighted by atomic mass is 35.5. The van der Waals surface area contributed by atoms with Crippen molar-refractivity contribution >= 4 is 23.2 Å². The summed E-state index contributed by atoms with van der Waals surface area (Å²) in [6.07, 6.45) is 0.996. The minimum absolute atomic E-state index is 0.0532. The van der Waals surface area contributed by atoms with Crippen LogP contribution in [0.1, 0.15) is 56.7 Å². The maximum absolute atomic E-state index is 6.30. The number of hydrogen-bond donors (Lipinski definition) is 0. The molecule has 3 heteroatoms. The molecule has 2 aromatic rings. The molecular weight excluding hydrogens is 339 g/mol. The Morgan fingerprint density at radius 3 is 1.79 bits per heavy atom. The quantitative estimate of drug-likeness (QED) is 0.517. The van der Waals surface area contributed by atoms with E-state index in [0.717, 1.165) is 29.9 Å². The van der Waals surface area contributed by atoms with E-state index in [4.69, 9.17) is 27.9 Å². The van der Waals surface area contributed by atoms with Crippen molar-refractivity contribution in [2.24, 2.45) is 0 Å². The number of rotatable bonds is 6. The van der Waals surface area contributed by atoms with Gasteiger partial charge in [-0.1, -0.05) is 64.1 Å². The molecule has 0 heterocycles. The maximum atomic E-state index is 6.30. The normalized spacial score (nSPS) is 13.1. The highest BCUT2D eigenvalue weighted by Crippen LogP contribution is 2.35. The van der Waals surface area contributed by atoms with E-state index in [0.29, 0.717) is 0 Å². The molecule has 0 spiro atoms. The number of hydrogen-bond acceptors (Lipinski definition) is 1. The summed E-state index contributed by atoms with van der Waals surface area (Å²) in [6.45, 7) is 9.45. The first-order valence-corrected chi connectivity index (χ1v) is 9.31. The number of benzene rings is 2. The van der Waals surface area contributed by atoms with Gasteiger partial charge in [-0.2, -0.15) is 0 Å². The second kappa shape index (κ2) is 8.27.